The summed E-state index contributed by atoms with van der Waals surface area (Å²) in [4.78, 5) is 20.2. The number of carbonyl (C=O) groups is 1. The first-order chi connectivity index (χ1) is 17.8. The lowest BCUT2D eigenvalue weighted by Gasteiger charge is -2.22. The number of hydrogen-bond acceptors (Lipinski definition) is 5. The molecule has 0 atom stereocenters. The fourth-order valence-corrected chi connectivity index (χ4v) is 4.45. The SMILES string of the molecule is O=C(c1cnn2c(-c3ccc4c(c3)OCO4)ccnc12)N(CCc1ccccc1)Cc1ccccc1. The quantitative estimate of drug-likeness (QED) is 0.330. The highest BCUT2D eigenvalue weighted by molar-refractivity contribution is 6.00. The van der Waals surface area contributed by atoms with Gasteiger partial charge >= 0.3 is 0 Å². The number of aromatic nitrogens is 3. The third-order valence-electron chi connectivity index (χ3n) is 6.32. The fourth-order valence-electron chi connectivity index (χ4n) is 4.45. The molecule has 5 aromatic rings. The molecule has 0 saturated heterocycles. The van der Waals surface area contributed by atoms with E-state index < -0.39 is 0 Å². The van der Waals surface area contributed by atoms with Crippen LogP contribution >= 0.6 is 0 Å². The molecule has 0 spiro atoms. The van der Waals surface area contributed by atoms with Crippen LogP contribution in [-0.4, -0.2) is 38.7 Å². The fraction of sp³-hybridized carbons (Fsp3) is 0.138. The summed E-state index contributed by atoms with van der Waals surface area (Å²) in [6.07, 6.45) is 4.08. The summed E-state index contributed by atoms with van der Waals surface area (Å²) in [5.74, 6) is 1.31. The van der Waals surface area contributed by atoms with E-state index in [0.717, 1.165) is 29.0 Å². The van der Waals surface area contributed by atoms with Gasteiger partial charge in [-0.05, 0) is 41.8 Å². The monoisotopic (exact) mass is 476 g/mol. The van der Waals surface area contributed by atoms with Gasteiger partial charge in [-0.1, -0.05) is 60.7 Å². The summed E-state index contributed by atoms with van der Waals surface area (Å²) < 4.78 is 12.7. The summed E-state index contributed by atoms with van der Waals surface area (Å²) in [6.45, 7) is 1.30. The molecule has 1 aliphatic heterocycles. The van der Waals surface area contributed by atoms with E-state index in [1.54, 1.807) is 16.9 Å². The molecule has 7 heteroatoms. The normalized spacial score (nSPS) is 12.1. The number of rotatable bonds is 7. The molecule has 0 unspecified atom stereocenters. The predicted molar refractivity (Wildman–Crippen MR) is 136 cm³/mol. The van der Waals surface area contributed by atoms with Gasteiger partial charge < -0.3 is 14.4 Å². The van der Waals surface area contributed by atoms with E-state index >= 15 is 0 Å². The molecule has 1 amide bonds. The van der Waals surface area contributed by atoms with Crippen LogP contribution in [0.4, 0.5) is 0 Å². The Morgan fingerprint density at radius 1 is 0.889 bits per heavy atom. The lowest BCUT2D eigenvalue weighted by molar-refractivity contribution is 0.0747. The molecular weight excluding hydrogens is 452 g/mol. The Hall–Kier alpha value is -4.65. The van der Waals surface area contributed by atoms with E-state index in [1.807, 2.05) is 77.7 Å². The topological polar surface area (TPSA) is 69.0 Å². The van der Waals surface area contributed by atoms with Crippen molar-refractivity contribution in [2.24, 2.45) is 0 Å². The first kappa shape index (κ1) is 21.9. The molecule has 3 aromatic carbocycles. The number of amides is 1. The highest BCUT2D eigenvalue weighted by Gasteiger charge is 2.23. The third-order valence-corrected chi connectivity index (χ3v) is 6.32. The highest BCUT2D eigenvalue weighted by atomic mass is 16.7. The largest absolute Gasteiger partial charge is 0.454 e. The van der Waals surface area contributed by atoms with E-state index in [2.05, 4.69) is 22.2 Å². The zero-order chi connectivity index (χ0) is 24.3. The Kier molecular flexibility index (Phi) is 5.79. The Labute approximate surface area is 208 Å². The maximum absolute atomic E-state index is 13.8. The molecule has 7 nitrogen and oxygen atoms in total. The van der Waals surface area contributed by atoms with Crippen molar-refractivity contribution in [2.45, 2.75) is 13.0 Å². The smallest absolute Gasteiger partial charge is 0.259 e. The Balaban J connectivity index is 1.33. The van der Waals surface area contributed by atoms with Gasteiger partial charge in [-0.3, -0.25) is 4.79 Å². The Morgan fingerprint density at radius 3 is 2.44 bits per heavy atom. The number of hydrogen-bond donors (Lipinski definition) is 0. The second-order valence-corrected chi connectivity index (χ2v) is 8.64. The van der Waals surface area contributed by atoms with E-state index in [0.29, 0.717) is 30.0 Å². The van der Waals surface area contributed by atoms with Gasteiger partial charge in [0.1, 0.15) is 5.56 Å². The predicted octanol–water partition coefficient (Wildman–Crippen LogP) is 5.01. The summed E-state index contributed by atoms with van der Waals surface area (Å²) in [5.41, 5.74) is 4.97. The lowest BCUT2D eigenvalue weighted by Crippen LogP contribution is -2.32. The molecule has 0 fully saturated rings. The minimum Gasteiger partial charge on any atom is -0.454 e. The molecule has 0 N–H and O–H groups in total. The van der Waals surface area contributed by atoms with Crippen LogP contribution < -0.4 is 9.47 Å². The zero-order valence-corrected chi connectivity index (χ0v) is 19.6. The highest BCUT2D eigenvalue weighted by Crippen LogP contribution is 2.36. The van der Waals surface area contributed by atoms with Crippen LogP contribution in [0.2, 0.25) is 0 Å². The van der Waals surface area contributed by atoms with Crippen molar-refractivity contribution in [3.8, 4) is 22.8 Å². The van der Waals surface area contributed by atoms with Crippen LogP contribution in [0.3, 0.4) is 0 Å². The summed E-state index contributed by atoms with van der Waals surface area (Å²) >= 11 is 0. The second kappa shape index (κ2) is 9.54. The number of benzene rings is 3. The minimum absolute atomic E-state index is 0.0971. The van der Waals surface area contributed by atoms with Gasteiger partial charge in [0, 0.05) is 24.8 Å². The van der Waals surface area contributed by atoms with Gasteiger partial charge in [-0.15, -0.1) is 0 Å². The van der Waals surface area contributed by atoms with Gasteiger partial charge in [0.2, 0.25) is 6.79 Å². The van der Waals surface area contributed by atoms with Crippen molar-refractivity contribution in [3.05, 3.63) is 114 Å². The van der Waals surface area contributed by atoms with Crippen LogP contribution in [0.25, 0.3) is 16.9 Å². The maximum atomic E-state index is 13.8. The maximum Gasteiger partial charge on any atom is 0.259 e. The lowest BCUT2D eigenvalue weighted by atomic mass is 10.1. The van der Waals surface area contributed by atoms with Crippen LogP contribution in [0.1, 0.15) is 21.5 Å². The van der Waals surface area contributed by atoms with Gasteiger partial charge in [-0.25, -0.2) is 9.50 Å². The summed E-state index contributed by atoms with van der Waals surface area (Å²) in [5, 5.41) is 4.55. The van der Waals surface area contributed by atoms with Crippen LogP contribution in [0.15, 0.2) is 97.3 Å². The molecule has 0 aliphatic carbocycles. The van der Waals surface area contributed by atoms with E-state index in [-0.39, 0.29) is 12.7 Å². The van der Waals surface area contributed by atoms with Gasteiger partial charge in [0.25, 0.3) is 5.91 Å². The molecule has 2 aromatic heterocycles. The summed E-state index contributed by atoms with van der Waals surface area (Å²) in [6, 6.07) is 27.9. The molecule has 1 aliphatic rings. The molecule has 36 heavy (non-hydrogen) atoms. The Bertz CT molecular complexity index is 1520. The molecular formula is C29H24N4O3. The molecule has 3 heterocycles. The Morgan fingerprint density at radius 2 is 1.64 bits per heavy atom. The third kappa shape index (κ3) is 4.27. The zero-order valence-electron chi connectivity index (χ0n) is 19.6. The molecule has 6 rings (SSSR count). The van der Waals surface area contributed by atoms with Crippen molar-refractivity contribution in [1.82, 2.24) is 19.5 Å². The van der Waals surface area contributed by atoms with Gasteiger partial charge in [0.15, 0.2) is 17.1 Å². The van der Waals surface area contributed by atoms with Crippen molar-refractivity contribution in [3.63, 3.8) is 0 Å². The average molecular weight is 477 g/mol. The minimum atomic E-state index is -0.0971. The van der Waals surface area contributed by atoms with Crippen molar-refractivity contribution in [2.75, 3.05) is 13.3 Å². The molecule has 0 radical (unpaired) electrons. The first-order valence-electron chi connectivity index (χ1n) is 11.9. The molecule has 178 valence electrons. The number of carbonyl (C=O) groups excluding carboxylic acids is 1. The average Bonchev–Trinajstić information content (AvgIpc) is 3.58. The van der Waals surface area contributed by atoms with Crippen molar-refractivity contribution in [1.29, 1.82) is 0 Å². The molecule has 0 bridgehead atoms. The number of nitrogens with zero attached hydrogens (tertiary/aromatic N) is 4. The van der Waals surface area contributed by atoms with E-state index in [1.165, 1.54) is 5.56 Å². The van der Waals surface area contributed by atoms with E-state index in [9.17, 15) is 4.79 Å². The summed E-state index contributed by atoms with van der Waals surface area (Å²) in [7, 11) is 0. The van der Waals surface area contributed by atoms with Crippen LogP contribution in [-0.2, 0) is 13.0 Å². The van der Waals surface area contributed by atoms with Gasteiger partial charge in [0.05, 0.1) is 11.9 Å². The van der Waals surface area contributed by atoms with Crippen LogP contribution in [0, 0.1) is 0 Å². The molecule has 0 saturated carbocycles. The van der Waals surface area contributed by atoms with Crippen molar-refractivity contribution < 1.29 is 14.3 Å². The van der Waals surface area contributed by atoms with Gasteiger partial charge in [-0.2, -0.15) is 5.10 Å². The van der Waals surface area contributed by atoms with E-state index in [4.69, 9.17) is 9.47 Å². The first-order valence-corrected chi connectivity index (χ1v) is 11.9. The standard InChI is InChI=1S/C29H24N4O3/c34-29(32(19-22-9-5-2-6-10-22)16-14-21-7-3-1-4-8-21)24-18-31-33-25(13-15-30-28(24)33)23-11-12-26-27(17-23)36-20-35-26/h1-13,15,17-18H,14,16,19-20H2. The number of ether oxygens (including phenoxy) is 2. The number of fused-ring (bicyclic) bond motifs is 2. The second-order valence-electron chi connectivity index (χ2n) is 8.64. The van der Waals surface area contributed by atoms with Crippen molar-refractivity contribution >= 4 is 11.6 Å². The van der Waals surface area contributed by atoms with Crippen LogP contribution in [0.5, 0.6) is 11.5 Å².